The van der Waals surface area contributed by atoms with Gasteiger partial charge in [-0.1, -0.05) is 0 Å². The van der Waals surface area contributed by atoms with Crippen molar-refractivity contribution >= 4 is 0 Å². The zero-order valence-corrected chi connectivity index (χ0v) is 10.3. The lowest BCUT2D eigenvalue weighted by Gasteiger charge is -2.40. The molecule has 0 aromatic carbocycles. The highest BCUT2D eigenvalue weighted by molar-refractivity contribution is 4.95. The lowest BCUT2D eigenvalue weighted by Crippen LogP contribution is -2.54. The standard InChI is InChI=1S/C12H23NO3/c1-11(2,8-14)13-10-3-5-16-12(7-10)4-6-15-9-12/h10,13-14H,3-9H2,1-2H3. The zero-order valence-electron chi connectivity index (χ0n) is 10.3. The molecule has 2 rings (SSSR count). The third kappa shape index (κ3) is 2.74. The van der Waals surface area contributed by atoms with Gasteiger partial charge in [-0.05, 0) is 26.7 Å². The van der Waals surface area contributed by atoms with Crippen molar-refractivity contribution < 1.29 is 14.6 Å². The van der Waals surface area contributed by atoms with Crippen LogP contribution in [0.5, 0.6) is 0 Å². The monoisotopic (exact) mass is 229 g/mol. The molecule has 4 nitrogen and oxygen atoms in total. The molecule has 2 heterocycles. The van der Waals surface area contributed by atoms with E-state index in [1.54, 1.807) is 0 Å². The van der Waals surface area contributed by atoms with E-state index < -0.39 is 0 Å². The Balaban J connectivity index is 1.91. The van der Waals surface area contributed by atoms with Crippen molar-refractivity contribution in [2.45, 2.75) is 50.3 Å². The van der Waals surface area contributed by atoms with Crippen LogP contribution in [0.4, 0.5) is 0 Å². The average molecular weight is 229 g/mol. The van der Waals surface area contributed by atoms with Gasteiger partial charge in [0.25, 0.3) is 0 Å². The van der Waals surface area contributed by atoms with E-state index in [1.807, 2.05) is 13.8 Å². The Hall–Kier alpha value is -0.160. The van der Waals surface area contributed by atoms with Crippen LogP contribution in [0, 0.1) is 0 Å². The first kappa shape index (κ1) is 12.3. The van der Waals surface area contributed by atoms with Gasteiger partial charge in [0.15, 0.2) is 0 Å². The highest BCUT2D eigenvalue weighted by Crippen LogP contribution is 2.33. The normalized spacial score (nSPS) is 35.8. The molecule has 94 valence electrons. The number of rotatable bonds is 3. The maximum Gasteiger partial charge on any atom is 0.0951 e. The van der Waals surface area contributed by atoms with Crippen molar-refractivity contribution in [3.63, 3.8) is 0 Å². The highest BCUT2D eigenvalue weighted by atomic mass is 16.6. The SMILES string of the molecule is CC(C)(CO)NC1CCOC2(CCOC2)C1. The van der Waals surface area contributed by atoms with Crippen LogP contribution >= 0.6 is 0 Å². The lowest BCUT2D eigenvalue weighted by atomic mass is 9.88. The van der Waals surface area contributed by atoms with Gasteiger partial charge >= 0.3 is 0 Å². The number of hydrogen-bond acceptors (Lipinski definition) is 4. The van der Waals surface area contributed by atoms with E-state index in [0.717, 1.165) is 39.1 Å². The van der Waals surface area contributed by atoms with Crippen LogP contribution in [-0.4, -0.2) is 48.7 Å². The first-order valence-electron chi connectivity index (χ1n) is 6.16. The summed E-state index contributed by atoms with van der Waals surface area (Å²) in [6.07, 6.45) is 3.02. The van der Waals surface area contributed by atoms with E-state index in [1.165, 1.54) is 0 Å². The zero-order chi connectivity index (χ0) is 11.6. The van der Waals surface area contributed by atoms with Crippen molar-refractivity contribution in [2.24, 2.45) is 0 Å². The molecular weight excluding hydrogens is 206 g/mol. The van der Waals surface area contributed by atoms with Gasteiger partial charge in [0.05, 0.1) is 18.8 Å². The summed E-state index contributed by atoms with van der Waals surface area (Å²) < 4.78 is 11.3. The van der Waals surface area contributed by atoms with Gasteiger partial charge in [0.2, 0.25) is 0 Å². The fraction of sp³-hybridized carbons (Fsp3) is 1.00. The van der Waals surface area contributed by atoms with Crippen LogP contribution in [0.15, 0.2) is 0 Å². The second-order valence-electron chi connectivity index (χ2n) is 5.71. The summed E-state index contributed by atoms with van der Waals surface area (Å²) >= 11 is 0. The highest BCUT2D eigenvalue weighted by Gasteiger charge is 2.41. The molecule has 2 fully saturated rings. The molecule has 0 aliphatic carbocycles. The summed E-state index contributed by atoms with van der Waals surface area (Å²) in [5.74, 6) is 0. The molecule has 2 aliphatic rings. The van der Waals surface area contributed by atoms with Crippen LogP contribution in [0.25, 0.3) is 0 Å². The smallest absolute Gasteiger partial charge is 0.0951 e. The van der Waals surface area contributed by atoms with E-state index in [2.05, 4.69) is 5.32 Å². The number of ether oxygens (including phenoxy) is 2. The van der Waals surface area contributed by atoms with Gasteiger partial charge in [-0.15, -0.1) is 0 Å². The minimum Gasteiger partial charge on any atom is -0.394 e. The molecular formula is C12H23NO3. The minimum atomic E-state index is -0.206. The molecule has 0 aromatic heterocycles. The first-order valence-corrected chi connectivity index (χ1v) is 6.16. The molecule has 2 aliphatic heterocycles. The van der Waals surface area contributed by atoms with Crippen molar-refractivity contribution in [3.05, 3.63) is 0 Å². The summed E-state index contributed by atoms with van der Waals surface area (Å²) in [6, 6.07) is 0.428. The maximum atomic E-state index is 9.26. The van der Waals surface area contributed by atoms with Crippen molar-refractivity contribution in [1.29, 1.82) is 0 Å². The summed E-state index contributed by atoms with van der Waals surface area (Å²) in [5.41, 5.74) is -0.260. The molecule has 0 bridgehead atoms. The van der Waals surface area contributed by atoms with E-state index in [9.17, 15) is 5.11 Å². The van der Waals surface area contributed by atoms with Crippen LogP contribution in [0.2, 0.25) is 0 Å². The predicted molar refractivity (Wildman–Crippen MR) is 61.4 cm³/mol. The van der Waals surface area contributed by atoms with Gasteiger partial charge in [-0.25, -0.2) is 0 Å². The summed E-state index contributed by atoms with van der Waals surface area (Å²) in [7, 11) is 0. The van der Waals surface area contributed by atoms with E-state index in [-0.39, 0.29) is 17.7 Å². The molecule has 2 atom stereocenters. The maximum absolute atomic E-state index is 9.26. The Morgan fingerprint density at radius 2 is 2.25 bits per heavy atom. The minimum absolute atomic E-state index is 0.0541. The number of aliphatic hydroxyl groups is 1. The van der Waals surface area contributed by atoms with Gasteiger partial charge in [0, 0.05) is 31.2 Å². The molecule has 0 aromatic rings. The van der Waals surface area contributed by atoms with Crippen LogP contribution < -0.4 is 5.32 Å². The Bertz CT molecular complexity index is 236. The summed E-state index contributed by atoms with van der Waals surface area (Å²) in [6.45, 7) is 6.55. The van der Waals surface area contributed by atoms with E-state index in [4.69, 9.17) is 9.47 Å². The Morgan fingerprint density at radius 3 is 2.88 bits per heavy atom. The fourth-order valence-electron chi connectivity index (χ4n) is 2.61. The predicted octanol–water partition coefficient (Wildman–Crippen LogP) is 0.685. The fourth-order valence-corrected chi connectivity index (χ4v) is 2.61. The Morgan fingerprint density at radius 1 is 1.44 bits per heavy atom. The van der Waals surface area contributed by atoms with Crippen molar-refractivity contribution in [3.8, 4) is 0 Å². The molecule has 1 spiro atoms. The van der Waals surface area contributed by atoms with Gasteiger partial charge in [-0.2, -0.15) is 0 Å². The molecule has 16 heavy (non-hydrogen) atoms. The second-order valence-corrected chi connectivity index (χ2v) is 5.71. The molecule has 4 heteroatoms. The van der Waals surface area contributed by atoms with Gasteiger partial charge in [0.1, 0.15) is 0 Å². The summed E-state index contributed by atoms with van der Waals surface area (Å²) in [5, 5.41) is 12.8. The molecule has 0 amide bonds. The number of hydrogen-bond donors (Lipinski definition) is 2. The molecule has 0 radical (unpaired) electrons. The third-order valence-corrected chi connectivity index (χ3v) is 3.55. The van der Waals surface area contributed by atoms with Gasteiger partial charge in [-0.3, -0.25) is 0 Å². The van der Waals surface area contributed by atoms with Gasteiger partial charge < -0.3 is 19.9 Å². The van der Waals surface area contributed by atoms with Crippen molar-refractivity contribution in [2.75, 3.05) is 26.4 Å². The molecule has 2 saturated heterocycles. The van der Waals surface area contributed by atoms with E-state index in [0.29, 0.717) is 6.04 Å². The Kier molecular flexibility index (Phi) is 3.54. The first-order chi connectivity index (χ1) is 7.55. The van der Waals surface area contributed by atoms with Crippen LogP contribution in [0.3, 0.4) is 0 Å². The van der Waals surface area contributed by atoms with Crippen molar-refractivity contribution in [1.82, 2.24) is 5.32 Å². The largest absolute Gasteiger partial charge is 0.394 e. The topological polar surface area (TPSA) is 50.7 Å². The van der Waals surface area contributed by atoms with Crippen LogP contribution in [-0.2, 0) is 9.47 Å². The number of nitrogens with one attached hydrogen (secondary N) is 1. The summed E-state index contributed by atoms with van der Waals surface area (Å²) in [4.78, 5) is 0. The Labute approximate surface area is 97.3 Å². The second kappa shape index (κ2) is 4.61. The average Bonchev–Trinajstić information content (AvgIpc) is 2.66. The molecule has 0 saturated carbocycles. The van der Waals surface area contributed by atoms with Crippen LogP contribution in [0.1, 0.15) is 33.1 Å². The third-order valence-electron chi connectivity index (χ3n) is 3.55. The molecule has 2 unspecified atom stereocenters. The lowest BCUT2D eigenvalue weighted by molar-refractivity contribution is -0.0925. The quantitative estimate of drug-likeness (QED) is 0.747. The number of aliphatic hydroxyl groups excluding tert-OH is 1. The van der Waals surface area contributed by atoms with E-state index >= 15 is 0 Å². The molecule has 2 N–H and O–H groups in total.